The Balaban J connectivity index is 2.06. The summed E-state index contributed by atoms with van der Waals surface area (Å²) in [5, 5.41) is 10.3. The quantitative estimate of drug-likeness (QED) is 0.840. The van der Waals surface area contributed by atoms with Crippen LogP contribution < -0.4 is 5.73 Å². The maximum atomic E-state index is 10.3. The molecule has 0 aromatic heterocycles. The van der Waals surface area contributed by atoms with E-state index >= 15 is 0 Å². The van der Waals surface area contributed by atoms with Crippen molar-refractivity contribution in [2.24, 2.45) is 11.7 Å². The van der Waals surface area contributed by atoms with Crippen molar-refractivity contribution >= 4 is 0 Å². The van der Waals surface area contributed by atoms with Gasteiger partial charge in [0.15, 0.2) is 0 Å². The molecule has 0 aliphatic heterocycles. The van der Waals surface area contributed by atoms with Gasteiger partial charge in [-0.25, -0.2) is 0 Å². The van der Waals surface area contributed by atoms with E-state index < -0.39 is 0 Å². The van der Waals surface area contributed by atoms with E-state index in [1.807, 2.05) is 0 Å². The van der Waals surface area contributed by atoms with Crippen molar-refractivity contribution in [3.8, 4) is 0 Å². The molecular formula is C15H23NO. The van der Waals surface area contributed by atoms with Crippen LogP contribution in [0.1, 0.15) is 55.8 Å². The maximum Gasteiger partial charge on any atom is 0.0818 e. The van der Waals surface area contributed by atoms with Crippen LogP contribution >= 0.6 is 0 Å². The summed E-state index contributed by atoms with van der Waals surface area (Å²) in [6.45, 7) is 2.80. The van der Waals surface area contributed by atoms with Gasteiger partial charge < -0.3 is 10.8 Å². The van der Waals surface area contributed by atoms with Crippen LogP contribution in [0.25, 0.3) is 0 Å². The van der Waals surface area contributed by atoms with E-state index in [1.165, 1.54) is 31.2 Å². The van der Waals surface area contributed by atoms with Crippen molar-refractivity contribution in [3.63, 3.8) is 0 Å². The fourth-order valence-electron chi connectivity index (χ4n) is 2.70. The second-order valence-electron chi connectivity index (χ2n) is 5.29. The molecule has 17 heavy (non-hydrogen) atoms. The molecule has 0 saturated heterocycles. The lowest BCUT2D eigenvalue weighted by Gasteiger charge is -2.19. The van der Waals surface area contributed by atoms with Gasteiger partial charge in [0.05, 0.1) is 6.10 Å². The molecule has 1 fully saturated rings. The molecule has 1 aromatic carbocycles. The van der Waals surface area contributed by atoms with Crippen LogP contribution in [0.3, 0.4) is 0 Å². The first-order chi connectivity index (χ1) is 8.22. The van der Waals surface area contributed by atoms with E-state index in [1.54, 1.807) is 0 Å². The van der Waals surface area contributed by atoms with Crippen LogP contribution in [0, 0.1) is 5.92 Å². The van der Waals surface area contributed by atoms with Crippen LogP contribution in [-0.2, 0) is 0 Å². The molecule has 1 aliphatic carbocycles. The topological polar surface area (TPSA) is 46.2 Å². The highest BCUT2D eigenvalue weighted by Crippen LogP contribution is 2.35. The first-order valence-corrected chi connectivity index (χ1v) is 6.70. The summed E-state index contributed by atoms with van der Waals surface area (Å²) >= 11 is 0. The lowest BCUT2D eigenvalue weighted by molar-refractivity contribution is 0.111. The molecule has 3 N–H and O–H groups in total. The van der Waals surface area contributed by atoms with Gasteiger partial charge in [-0.15, -0.1) is 0 Å². The van der Waals surface area contributed by atoms with Crippen LogP contribution in [0.15, 0.2) is 24.3 Å². The van der Waals surface area contributed by atoms with E-state index in [2.05, 4.69) is 31.2 Å². The summed E-state index contributed by atoms with van der Waals surface area (Å²) in [6, 6.07) is 8.32. The first kappa shape index (κ1) is 12.6. The summed E-state index contributed by atoms with van der Waals surface area (Å²) in [4.78, 5) is 0. The van der Waals surface area contributed by atoms with Gasteiger partial charge in [-0.1, -0.05) is 44.0 Å². The summed E-state index contributed by atoms with van der Waals surface area (Å²) in [6.07, 6.45) is 4.60. The molecule has 2 unspecified atom stereocenters. The lowest BCUT2D eigenvalue weighted by atomic mass is 9.92. The van der Waals surface area contributed by atoms with Gasteiger partial charge in [0.25, 0.3) is 0 Å². The normalized spacial score (nSPS) is 20.4. The summed E-state index contributed by atoms with van der Waals surface area (Å²) < 4.78 is 0. The third-order valence-corrected chi connectivity index (χ3v) is 4.05. The van der Waals surface area contributed by atoms with Gasteiger partial charge in [0.1, 0.15) is 0 Å². The number of nitrogens with two attached hydrogens (primary N) is 1. The molecule has 2 nitrogen and oxygen atoms in total. The Morgan fingerprint density at radius 3 is 2.24 bits per heavy atom. The van der Waals surface area contributed by atoms with Crippen LogP contribution in [-0.4, -0.2) is 11.7 Å². The zero-order chi connectivity index (χ0) is 12.3. The number of hydrogen-bond donors (Lipinski definition) is 2. The van der Waals surface area contributed by atoms with Crippen LogP contribution in [0.2, 0.25) is 0 Å². The highest BCUT2D eigenvalue weighted by molar-refractivity contribution is 5.27. The largest absolute Gasteiger partial charge is 0.388 e. The zero-order valence-corrected chi connectivity index (χ0v) is 10.6. The van der Waals surface area contributed by atoms with E-state index in [0.717, 1.165) is 5.56 Å². The molecule has 0 heterocycles. The molecule has 94 valence electrons. The monoisotopic (exact) mass is 233 g/mol. The van der Waals surface area contributed by atoms with E-state index in [-0.39, 0.29) is 6.10 Å². The van der Waals surface area contributed by atoms with Gasteiger partial charge in [-0.3, -0.25) is 0 Å². The van der Waals surface area contributed by atoms with Crippen molar-refractivity contribution in [1.29, 1.82) is 0 Å². The Bertz CT molecular complexity index is 340. The summed E-state index contributed by atoms with van der Waals surface area (Å²) in [5.41, 5.74) is 7.97. The first-order valence-electron chi connectivity index (χ1n) is 6.70. The minimum absolute atomic E-state index is 0.278. The average molecular weight is 233 g/mol. The minimum atomic E-state index is -0.278. The predicted octanol–water partition coefficient (Wildman–Crippen LogP) is 2.97. The second kappa shape index (κ2) is 5.65. The van der Waals surface area contributed by atoms with Crippen molar-refractivity contribution in [2.75, 3.05) is 6.54 Å². The highest BCUT2D eigenvalue weighted by atomic mass is 16.3. The number of benzene rings is 1. The molecule has 1 aromatic rings. The Morgan fingerprint density at radius 1 is 1.18 bits per heavy atom. The number of hydrogen-bond acceptors (Lipinski definition) is 2. The zero-order valence-electron chi connectivity index (χ0n) is 10.6. The van der Waals surface area contributed by atoms with E-state index in [9.17, 15) is 5.11 Å². The van der Waals surface area contributed by atoms with Crippen molar-refractivity contribution in [1.82, 2.24) is 0 Å². The number of rotatable bonds is 4. The molecule has 1 saturated carbocycles. The molecule has 2 heteroatoms. The minimum Gasteiger partial charge on any atom is -0.388 e. The fraction of sp³-hybridized carbons (Fsp3) is 0.600. The highest BCUT2D eigenvalue weighted by Gasteiger charge is 2.24. The van der Waals surface area contributed by atoms with Crippen LogP contribution in [0.4, 0.5) is 0 Å². The Hall–Kier alpha value is -0.860. The number of aliphatic hydroxyl groups is 1. The molecule has 0 spiro atoms. The average Bonchev–Trinajstić information content (AvgIpc) is 2.91. The maximum absolute atomic E-state index is 10.3. The van der Waals surface area contributed by atoms with Gasteiger partial charge in [0.2, 0.25) is 0 Å². The third-order valence-electron chi connectivity index (χ3n) is 4.05. The van der Waals surface area contributed by atoms with E-state index in [4.69, 9.17) is 5.73 Å². The standard InChI is InChI=1S/C15H23NO/c1-11(10-16)12-6-8-14(9-7-12)15(17)13-4-2-3-5-13/h6-9,11,13,15,17H,2-5,10,16H2,1H3. The van der Waals surface area contributed by atoms with Crippen LogP contribution in [0.5, 0.6) is 0 Å². The Labute approximate surface area is 104 Å². The SMILES string of the molecule is CC(CN)c1ccc(C(O)C2CCCC2)cc1. The smallest absolute Gasteiger partial charge is 0.0818 e. The fourth-order valence-corrected chi connectivity index (χ4v) is 2.70. The van der Waals surface area contributed by atoms with E-state index in [0.29, 0.717) is 18.4 Å². The predicted molar refractivity (Wildman–Crippen MR) is 70.8 cm³/mol. The van der Waals surface area contributed by atoms with Gasteiger partial charge in [0, 0.05) is 0 Å². The summed E-state index contributed by atoms with van der Waals surface area (Å²) in [5.74, 6) is 0.862. The molecular weight excluding hydrogens is 210 g/mol. The van der Waals surface area contributed by atoms with Crippen molar-refractivity contribution in [3.05, 3.63) is 35.4 Å². The summed E-state index contributed by atoms with van der Waals surface area (Å²) in [7, 11) is 0. The number of aliphatic hydroxyl groups excluding tert-OH is 1. The molecule has 0 radical (unpaired) electrons. The molecule has 0 amide bonds. The molecule has 2 atom stereocenters. The van der Waals surface area contributed by atoms with Crippen molar-refractivity contribution < 1.29 is 5.11 Å². The molecule has 2 rings (SSSR count). The lowest BCUT2D eigenvalue weighted by Crippen LogP contribution is -2.11. The van der Waals surface area contributed by atoms with Gasteiger partial charge in [-0.05, 0) is 42.3 Å². The second-order valence-corrected chi connectivity index (χ2v) is 5.29. The third kappa shape index (κ3) is 2.88. The molecule has 1 aliphatic rings. The molecule has 0 bridgehead atoms. The van der Waals surface area contributed by atoms with Gasteiger partial charge >= 0.3 is 0 Å². The Morgan fingerprint density at radius 2 is 1.71 bits per heavy atom. The van der Waals surface area contributed by atoms with Gasteiger partial charge in [-0.2, -0.15) is 0 Å². The van der Waals surface area contributed by atoms with Crippen molar-refractivity contribution in [2.45, 2.75) is 44.6 Å². The Kier molecular flexibility index (Phi) is 4.19.